The summed E-state index contributed by atoms with van der Waals surface area (Å²) in [5.74, 6) is -1.44. The van der Waals surface area contributed by atoms with Crippen molar-refractivity contribution in [2.24, 2.45) is 5.73 Å². The van der Waals surface area contributed by atoms with E-state index in [0.29, 0.717) is 11.1 Å². The average Bonchev–Trinajstić information content (AvgIpc) is 2.89. The summed E-state index contributed by atoms with van der Waals surface area (Å²) in [6.07, 6.45) is -0.945. The van der Waals surface area contributed by atoms with Gasteiger partial charge in [-0.05, 0) is 23.3 Å². The van der Waals surface area contributed by atoms with Crippen molar-refractivity contribution in [3.8, 4) is 0 Å². The molecular formula is C24H22N4O8S. The van der Waals surface area contributed by atoms with E-state index in [1.807, 2.05) is 18.2 Å². The number of amides is 3. The van der Waals surface area contributed by atoms with Gasteiger partial charge in [0.25, 0.3) is 11.6 Å². The van der Waals surface area contributed by atoms with Crippen molar-refractivity contribution >= 4 is 41.3 Å². The Kier molecular flexibility index (Phi) is 7.72. The number of nitro benzene ring substituents is 1. The number of nitrogens with one attached hydrogen (secondary N) is 1. The van der Waals surface area contributed by atoms with E-state index >= 15 is 0 Å². The highest BCUT2D eigenvalue weighted by atomic mass is 32.2. The van der Waals surface area contributed by atoms with Gasteiger partial charge in [0.15, 0.2) is 0 Å². The minimum absolute atomic E-state index is 0.0783. The van der Waals surface area contributed by atoms with Gasteiger partial charge in [-0.15, -0.1) is 11.8 Å². The largest absolute Gasteiger partial charge is 0.456 e. The number of esters is 1. The van der Waals surface area contributed by atoms with Crippen LogP contribution in [-0.4, -0.2) is 57.5 Å². The number of benzene rings is 2. The normalized spacial score (nSPS) is 18.4. The standard InChI is InChI=1S/C24H22N4O8S/c25-24(32)36-12-16-13-37-22-19(26-18(29)10-14-4-2-1-3-5-14)21(30)27(22)20(16)23(31)35-11-15-6-8-17(9-7-15)28(33)34/h1-9,19,22H,10-13H2,(H2,25,32)(H,26,29)/t19?,22-/m1/s1. The number of hydrogen-bond donors (Lipinski definition) is 2. The van der Waals surface area contributed by atoms with Gasteiger partial charge >= 0.3 is 12.1 Å². The molecule has 2 aliphatic heterocycles. The first-order valence-corrected chi connectivity index (χ1v) is 12.1. The highest BCUT2D eigenvalue weighted by molar-refractivity contribution is 8.00. The number of thioether (sulfide) groups is 1. The number of carbonyl (C=O) groups is 4. The molecule has 192 valence electrons. The number of ether oxygens (including phenoxy) is 2. The average molecular weight is 527 g/mol. The molecule has 1 saturated heterocycles. The summed E-state index contributed by atoms with van der Waals surface area (Å²) in [6, 6.07) is 13.7. The summed E-state index contributed by atoms with van der Waals surface area (Å²) < 4.78 is 10.2. The number of nitrogens with zero attached hydrogens (tertiary/aromatic N) is 2. The molecular weight excluding hydrogens is 504 g/mol. The number of nitro groups is 1. The van der Waals surface area contributed by atoms with Crippen molar-refractivity contribution in [1.29, 1.82) is 0 Å². The predicted octanol–water partition coefficient (Wildman–Crippen LogP) is 1.63. The molecule has 0 spiro atoms. The molecule has 0 bridgehead atoms. The van der Waals surface area contributed by atoms with Crippen LogP contribution in [0.3, 0.4) is 0 Å². The number of carbonyl (C=O) groups excluding carboxylic acids is 4. The Bertz CT molecular complexity index is 1270. The Morgan fingerprint density at radius 3 is 2.41 bits per heavy atom. The fourth-order valence-electron chi connectivity index (χ4n) is 3.88. The molecule has 3 N–H and O–H groups in total. The number of β-lactam (4-membered cyclic amide) rings is 1. The third kappa shape index (κ3) is 5.89. The second-order valence-electron chi connectivity index (χ2n) is 8.18. The van der Waals surface area contributed by atoms with Crippen molar-refractivity contribution in [3.05, 3.63) is 87.1 Å². The summed E-state index contributed by atoms with van der Waals surface area (Å²) in [5, 5.41) is 13.0. The molecule has 1 fully saturated rings. The van der Waals surface area contributed by atoms with Gasteiger partial charge in [-0.2, -0.15) is 0 Å². The van der Waals surface area contributed by atoms with E-state index in [2.05, 4.69) is 5.32 Å². The molecule has 0 radical (unpaired) electrons. The van der Waals surface area contributed by atoms with E-state index in [0.717, 1.165) is 5.56 Å². The first kappa shape index (κ1) is 25.7. The van der Waals surface area contributed by atoms with Crippen molar-refractivity contribution < 1.29 is 33.6 Å². The van der Waals surface area contributed by atoms with Gasteiger partial charge < -0.3 is 20.5 Å². The molecule has 0 saturated carbocycles. The van der Waals surface area contributed by atoms with E-state index < -0.39 is 34.3 Å². The number of rotatable bonds is 9. The van der Waals surface area contributed by atoms with Crippen LogP contribution in [0.1, 0.15) is 11.1 Å². The van der Waals surface area contributed by atoms with Gasteiger partial charge in [0.05, 0.1) is 11.3 Å². The summed E-state index contributed by atoms with van der Waals surface area (Å²) in [7, 11) is 0. The highest BCUT2D eigenvalue weighted by Gasteiger charge is 2.54. The molecule has 3 amide bonds. The van der Waals surface area contributed by atoms with Gasteiger partial charge in [-0.3, -0.25) is 24.6 Å². The summed E-state index contributed by atoms with van der Waals surface area (Å²) >= 11 is 1.30. The van der Waals surface area contributed by atoms with Crippen LogP contribution in [0.2, 0.25) is 0 Å². The van der Waals surface area contributed by atoms with Crippen molar-refractivity contribution in [3.63, 3.8) is 0 Å². The number of hydrogen-bond acceptors (Lipinski definition) is 9. The summed E-state index contributed by atoms with van der Waals surface area (Å²) in [5.41, 5.74) is 6.49. The monoisotopic (exact) mass is 526 g/mol. The molecule has 2 atom stereocenters. The van der Waals surface area contributed by atoms with Gasteiger partial charge in [0.1, 0.15) is 30.3 Å². The van der Waals surface area contributed by atoms with Gasteiger partial charge in [0.2, 0.25) is 5.91 Å². The smallest absolute Gasteiger partial charge is 0.404 e. The molecule has 4 rings (SSSR count). The number of primary amides is 1. The van der Waals surface area contributed by atoms with Crippen LogP contribution in [0.4, 0.5) is 10.5 Å². The Morgan fingerprint density at radius 1 is 1.05 bits per heavy atom. The Balaban J connectivity index is 1.46. The van der Waals surface area contributed by atoms with Crippen LogP contribution < -0.4 is 11.1 Å². The number of fused-ring (bicyclic) bond motifs is 1. The molecule has 1 unspecified atom stereocenters. The molecule has 2 aromatic rings. The van der Waals surface area contributed by atoms with Gasteiger partial charge in [-0.1, -0.05) is 30.3 Å². The fraction of sp³-hybridized carbons (Fsp3) is 0.250. The minimum Gasteiger partial charge on any atom is -0.456 e. The van der Waals surface area contributed by atoms with Gasteiger partial charge in [0, 0.05) is 23.5 Å². The van der Waals surface area contributed by atoms with Crippen LogP contribution in [-0.2, 0) is 36.9 Å². The first-order chi connectivity index (χ1) is 17.7. The van der Waals surface area contributed by atoms with E-state index in [1.165, 1.54) is 40.9 Å². The number of nitrogens with two attached hydrogens (primary N) is 1. The Hall–Kier alpha value is -4.39. The minimum atomic E-state index is -1.04. The quantitative estimate of drug-likeness (QED) is 0.213. The van der Waals surface area contributed by atoms with Crippen molar-refractivity contribution in [2.75, 3.05) is 12.4 Å². The van der Waals surface area contributed by atoms with E-state index in [4.69, 9.17) is 15.2 Å². The molecule has 0 aliphatic carbocycles. The van der Waals surface area contributed by atoms with Crippen molar-refractivity contribution in [1.82, 2.24) is 10.2 Å². The van der Waals surface area contributed by atoms with Gasteiger partial charge in [-0.25, -0.2) is 9.59 Å². The Labute approximate surface area is 214 Å². The molecule has 13 heteroatoms. The van der Waals surface area contributed by atoms with Crippen molar-refractivity contribution in [2.45, 2.75) is 24.4 Å². The van der Waals surface area contributed by atoms with E-state index in [9.17, 15) is 29.3 Å². The molecule has 12 nitrogen and oxygen atoms in total. The molecule has 0 aromatic heterocycles. The van der Waals surface area contributed by atoms with Crippen LogP contribution >= 0.6 is 11.8 Å². The highest BCUT2D eigenvalue weighted by Crippen LogP contribution is 2.40. The molecule has 2 heterocycles. The second kappa shape index (κ2) is 11.1. The lowest BCUT2D eigenvalue weighted by Crippen LogP contribution is -2.70. The zero-order chi connectivity index (χ0) is 26.5. The van der Waals surface area contributed by atoms with E-state index in [1.54, 1.807) is 12.1 Å². The lowest BCUT2D eigenvalue weighted by molar-refractivity contribution is -0.384. The van der Waals surface area contributed by atoms with E-state index in [-0.39, 0.29) is 42.7 Å². The summed E-state index contributed by atoms with van der Waals surface area (Å²) in [4.78, 5) is 61.2. The lowest BCUT2D eigenvalue weighted by Gasteiger charge is -2.49. The fourth-order valence-corrected chi connectivity index (χ4v) is 5.21. The third-order valence-electron chi connectivity index (χ3n) is 5.67. The molecule has 37 heavy (non-hydrogen) atoms. The zero-order valence-corrected chi connectivity index (χ0v) is 20.1. The maximum atomic E-state index is 13.1. The molecule has 2 aromatic carbocycles. The van der Waals surface area contributed by atoms with Crippen LogP contribution in [0.15, 0.2) is 65.9 Å². The maximum Gasteiger partial charge on any atom is 0.404 e. The topological polar surface area (TPSA) is 171 Å². The number of non-ortho nitro benzene ring substituents is 1. The SMILES string of the molecule is NC(=O)OCC1=C(C(=O)OCc2ccc([N+](=O)[O-])cc2)N2C(=O)C(NC(=O)Cc3ccccc3)[C@H]2SC1. The lowest BCUT2D eigenvalue weighted by atomic mass is 10.0. The van der Waals surface area contributed by atoms with Crippen LogP contribution in [0.5, 0.6) is 0 Å². The Morgan fingerprint density at radius 2 is 1.76 bits per heavy atom. The summed E-state index contributed by atoms with van der Waals surface area (Å²) in [6.45, 7) is -0.521. The van der Waals surface area contributed by atoms with Crippen LogP contribution in [0, 0.1) is 10.1 Å². The van der Waals surface area contributed by atoms with Crippen LogP contribution in [0.25, 0.3) is 0 Å². The first-order valence-electron chi connectivity index (χ1n) is 11.1. The third-order valence-corrected chi connectivity index (χ3v) is 7.01. The molecule has 2 aliphatic rings. The maximum absolute atomic E-state index is 13.1. The predicted molar refractivity (Wildman–Crippen MR) is 131 cm³/mol. The zero-order valence-electron chi connectivity index (χ0n) is 19.3. The second-order valence-corrected chi connectivity index (χ2v) is 9.28.